The Morgan fingerprint density at radius 2 is 1.91 bits per heavy atom. The summed E-state index contributed by atoms with van der Waals surface area (Å²) < 4.78 is 27.7. The van der Waals surface area contributed by atoms with Crippen LogP contribution in [0.25, 0.3) is 11.1 Å². The third-order valence-electron chi connectivity index (χ3n) is 3.26. The van der Waals surface area contributed by atoms with Crippen molar-refractivity contribution in [2.75, 3.05) is 18.6 Å². The lowest BCUT2D eigenvalue weighted by atomic mass is 10.0. The van der Waals surface area contributed by atoms with Crippen molar-refractivity contribution in [3.05, 3.63) is 53.1 Å². The van der Waals surface area contributed by atoms with Gasteiger partial charge in [0.15, 0.2) is 0 Å². The summed E-state index contributed by atoms with van der Waals surface area (Å²) in [6.07, 6.45) is 1.67. The van der Waals surface area contributed by atoms with Crippen LogP contribution in [0.3, 0.4) is 0 Å². The van der Waals surface area contributed by atoms with Crippen molar-refractivity contribution in [2.24, 2.45) is 0 Å². The molecule has 2 rings (SSSR count). The van der Waals surface area contributed by atoms with Crippen LogP contribution in [0, 0.1) is 0 Å². The summed E-state index contributed by atoms with van der Waals surface area (Å²) in [5.41, 5.74) is 2.93. The third kappa shape index (κ3) is 5.72. The van der Waals surface area contributed by atoms with Crippen molar-refractivity contribution < 1.29 is 13.2 Å². The molecule has 2 aromatic carbocycles. The van der Waals surface area contributed by atoms with E-state index in [-0.39, 0.29) is 5.75 Å². The van der Waals surface area contributed by atoms with Crippen molar-refractivity contribution in [3.8, 4) is 16.9 Å². The maximum Gasteiger partial charge on any atom is 0.147 e. The normalized spacial score (nSPS) is 11.4. The quantitative estimate of drug-likeness (QED) is 0.528. The summed E-state index contributed by atoms with van der Waals surface area (Å²) in [5, 5.41) is 0.581. The zero-order valence-corrected chi connectivity index (χ0v) is 15.1. The van der Waals surface area contributed by atoms with Gasteiger partial charge >= 0.3 is 0 Å². The Kier molecular flexibility index (Phi) is 6.33. The van der Waals surface area contributed by atoms with Crippen LogP contribution in [-0.2, 0) is 15.7 Å². The zero-order valence-electron chi connectivity index (χ0n) is 12.8. The molecule has 0 amide bonds. The van der Waals surface area contributed by atoms with Crippen molar-refractivity contribution >= 4 is 33.0 Å². The van der Waals surface area contributed by atoms with E-state index in [4.69, 9.17) is 27.9 Å². The molecule has 0 aromatic heterocycles. The van der Waals surface area contributed by atoms with Gasteiger partial charge in [0.1, 0.15) is 15.6 Å². The van der Waals surface area contributed by atoms with Crippen molar-refractivity contribution in [2.45, 2.75) is 12.3 Å². The molecule has 3 nitrogen and oxygen atoms in total. The molecule has 0 aliphatic heterocycles. The average Bonchev–Trinajstić information content (AvgIpc) is 2.51. The number of alkyl halides is 1. The Labute approximate surface area is 147 Å². The smallest absolute Gasteiger partial charge is 0.147 e. The second-order valence-corrected chi connectivity index (χ2v) is 8.24. The molecular formula is C17H18Cl2O3S. The first-order valence-electron chi connectivity index (χ1n) is 7.14. The van der Waals surface area contributed by atoms with Crippen LogP contribution in [-0.4, -0.2) is 27.0 Å². The predicted molar refractivity (Wildman–Crippen MR) is 96.3 cm³/mol. The van der Waals surface area contributed by atoms with Gasteiger partial charge in [0.25, 0.3) is 0 Å². The number of ether oxygens (including phenoxy) is 1. The fourth-order valence-electron chi connectivity index (χ4n) is 2.15. The second-order valence-electron chi connectivity index (χ2n) is 5.31. The first-order chi connectivity index (χ1) is 10.9. The second kappa shape index (κ2) is 8.04. The van der Waals surface area contributed by atoms with Crippen LogP contribution >= 0.6 is 23.2 Å². The molecule has 0 radical (unpaired) electrons. The van der Waals surface area contributed by atoms with Gasteiger partial charge in [-0.15, -0.1) is 11.6 Å². The lowest BCUT2D eigenvalue weighted by Crippen LogP contribution is -2.07. The van der Waals surface area contributed by atoms with Gasteiger partial charge in [-0.25, -0.2) is 8.42 Å². The van der Waals surface area contributed by atoms with E-state index in [0.717, 1.165) is 16.7 Å². The molecule has 2 aromatic rings. The van der Waals surface area contributed by atoms with E-state index < -0.39 is 9.84 Å². The summed E-state index contributed by atoms with van der Waals surface area (Å²) in [5.74, 6) is 1.19. The number of halogens is 2. The molecule has 0 atom stereocenters. The molecule has 0 N–H and O–H groups in total. The van der Waals surface area contributed by atoms with Crippen molar-refractivity contribution in [1.29, 1.82) is 0 Å². The highest BCUT2D eigenvalue weighted by molar-refractivity contribution is 7.90. The molecule has 0 fully saturated rings. The van der Waals surface area contributed by atoms with Crippen molar-refractivity contribution in [1.82, 2.24) is 0 Å². The van der Waals surface area contributed by atoms with Crippen LogP contribution in [0.4, 0.5) is 0 Å². The Morgan fingerprint density at radius 3 is 2.57 bits per heavy atom. The molecule has 0 aliphatic rings. The SMILES string of the molecule is CS(=O)(=O)CCCOc1ccc(-c2cccc(CCl)c2)c(Cl)c1. The molecule has 0 unspecified atom stereocenters. The number of hydrogen-bond donors (Lipinski definition) is 0. The zero-order chi connectivity index (χ0) is 16.9. The summed E-state index contributed by atoms with van der Waals surface area (Å²) in [4.78, 5) is 0. The lowest BCUT2D eigenvalue weighted by molar-refractivity contribution is 0.318. The first kappa shape index (κ1) is 18.1. The minimum absolute atomic E-state index is 0.115. The average molecular weight is 373 g/mol. The highest BCUT2D eigenvalue weighted by atomic mass is 35.5. The summed E-state index contributed by atoms with van der Waals surface area (Å²) in [6.45, 7) is 0.338. The van der Waals surface area contributed by atoms with E-state index >= 15 is 0 Å². The molecule has 6 heteroatoms. The molecule has 0 saturated carbocycles. The van der Waals surface area contributed by atoms with E-state index in [1.165, 1.54) is 6.26 Å². The number of sulfone groups is 1. The van der Waals surface area contributed by atoms with Gasteiger partial charge in [-0.05, 0) is 41.8 Å². The van der Waals surface area contributed by atoms with Crippen LogP contribution in [0.5, 0.6) is 5.75 Å². The highest BCUT2D eigenvalue weighted by Crippen LogP contribution is 2.31. The summed E-state index contributed by atoms with van der Waals surface area (Å²) >= 11 is 12.2. The molecule has 23 heavy (non-hydrogen) atoms. The van der Waals surface area contributed by atoms with Crippen LogP contribution < -0.4 is 4.74 Å². The Morgan fingerprint density at radius 1 is 1.13 bits per heavy atom. The van der Waals surface area contributed by atoms with Gasteiger partial charge < -0.3 is 4.74 Å². The largest absolute Gasteiger partial charge is 0.494 e. The predicted octanol–water partition coefficient (Wildman–Crippen LogP) is 4.56. The lowest BCUT2D eigenvalue weighted by Gasteiger charge is -2.10. The number of benzene rings is 2. The molecule has 0 heterocycles. The van der Waals surface area contributed by atoms with E-state index in [1.807, 2.05) is 36.4 Å². The van der Waals surface area contributed by atoms with Gasteiger partial charge in [0, 0.05) is 17.7 Å². The number of hydrogen-bond acceptors (Lipinski definition) is 3. The monoisotopic (exact) mass is 372 g/mol. The minimum atomic E-state index is -2.95. The maximum atomic E-state index is 11.1. The van der Waals surface area contributed by atoms with Crippen LogP contribution in [0.1, 0.15) is 12.0 Å². The molecule has 0 bridgehead atoms. The van der Waals surface area contributed by atoms with Gasteiger partial charge in [0.2, 0.25) is 0 Å². The Bertz CT molecular complexity index is 773. The van der Waals surface area contributed by atoms with Gasteiger partial charge in [-0.1, -0.05) is 29.8 Å². The summed E-state index contributed by atoms with van der Waals surface area (Å²) in [6, 6.07) is 13.3. The highest BCUT2D eigenvalue weighted by Gasteiger charge is 2.07. The standard InChI is InChI=1S/C17H18Cl2O3S/c1-23(20,21)9-3-8-22-15-6-7-16(17(19)11-15)14-5-2-4-13(10-14)12-18/h2,4-7,10-11H,3,8-9,12H2,1H3. The molecule has 124 valence electrons. The van der Waals surface area contributed by atoms with E-state index in [9.17, 15) is 8.42 Å². The topological polar surface area (TPSA) is 43.4 Å². The molecule has 0 saturated heterocycles. The van der Waals surface area contributed by atoms with Gasteiger partial charge in [-0.3, -0.25) is 0 Å². The van der Waals surface area contributed by atoms with Crippen molar-refractivity contribution in [3.63, 3.8) is 0 Å². The van der Waals surface area contributed by atoms with E-state index in [1.54, 1.807) is 6.07 Å². The summed E-state index contributed by atoms with van der Waals surface area (Å²) in [7, 11) is -2.95. The Hall–Kier alpha value is -1.23. The number of rotatable bonds is 7. The minimum Gasteiger partial charge on any atom is -0.494 e. The fourth-order valence-corrected chi connectivity index (χ4v) is 3.24. The van der Waals surface area contributed by atoms with Gasteiger partial charge in [0.05, 0.1) is 17.4 Å². The van der Waals surface area contributed by atoms with Crippen LogP contribution in [0.15, 0.2) is 42.5 Å². The van der Waals surface area contributed by atoms with E-state index in [0.29, 0.717) is 29.7 Å². The maximum absolute atomic E-state index is 11.1. The molecular weight excluding hydrogens is 355 g/mol. The molecule has 0 spiro atoms. The fraction of sp³-hybridized carbons (Fsp3) is 0.294. The first-order valence-corrected chi connectivity index (χ1v) is 10.1. The van der Waals surface area contributed by atoms with Gasteiger partial charge in [-0.2, -0.15) is 0 Å². The van der Waals surface area contributed by atoms with E-state index in [2.05, 4.69) is 0 Å². The Balaban J connectivity index is 2.05. The van der Waals surface area contributed by atoms with Crippen LogP contribution in [0.2, 0.25) is 5.02 Å². The molecule has 0 aliphatic carbocycles. The third-order valence-corrected chi connectivity index (χ3v) is 4.91.